The molecule has 0 saturated carbocycles. The summed E-state index contributed by atoms with van der Waals surface area (Å²) in [6, 6.07) is 5.33. The molecular weight excluding hydrogens is 290 g/mol. The van der Waals surface area contributed by atoms with E-state index in [9.17, 15) is 13.2 Å². The van der Waals surface area contributed by atoms with Gasteiger partial charge in [-0.25, -0.2) is 13.6 Å². The van der Waals surface area contributed by atoms with E-state index in [-0.39, 0.29) is 16.8 Å². The molecule has 0 aliphatic carbocycles. The molecule has 118 valence electrons. The van der Waals surface area contributed by atoms with Gasteiger partial charge in [0, 0.05) is 0 Å². The highest BCUT2D eigenvalue weighted by Crippen LogP contribution is 2.15. The molecule has 1 unspecified atom stereocenters. The van der Waals surface area contributed by atoms with Crippen LogP contribution in [0.25, 0.3) is 0 Å². The van der Waals surface area contributed by atoms with Crippen molar-refractivity contribution in [2.24, 2.45) is 10.9 Å². The van der Waals surface area contributed by atoms with Gasteiger partial charge in [-0.2, -0.15) is 0 Å². The van der Waals surface area contributed by atoms with Gasteiger partial charge in [-0.3, -0.25) is 4.79 Å². The summed E-state index contributed by atoms with van der Waals surface area (Å²) in [6.07, 6.45) is 2.55. The molecule has 21 heavy (non-hydrogen) atoms. The fraction of sp³-hybridized carbons (Fsp3) is 0.500. The first-order valence-electron chi connectivity index (χ1n) is 6.94. The number of nitrogens with two attached hydrogens (primary N) is 2. The maximum atomic E-state index is 11.9. The number of rotatable bonds is 7. The summed E-state index contributed by atoms with van der Waals surface area (Å²) < 4.78 is 22.3. The third-order valence-corrected chi connectivity index (χ3v) is 4.20. The summed E-state index contributed by atoms with van der Waals surface area (Å²) in [6.45, 7) is 3.86. The van der Waals surface area contributed by atoms with Crippen LogP contribution >= 0.6 is 0 Å². The Morgan fingerprint density at radius 2 is 1.86 bits per heavy atom. The molecule has 0 bridgehead atoms. The van der Waals surface area contributed by atoms with Crippen molar-refractivity contribution in [1.82, 2.24) is 5.32 Å². The highest BCUT2D eigenvalue weighted by atomic mass is 32.2. The van der Waals surface area contributed by atoms with Crippen LogP contribution < -0.4 is 16.2 Å². The smallest absolute Gasteiger partial charge is 0.238 e. The van der Waals surface area contributed by atoms with Gasteiger partial charge >= 0.3 is 0 Å². The molecule has 0 aromatic heterocycles. The molecule has 5 N–H and O–H groups in total. The largest absolute Gasteiger partial charge is 0.348 e. The van der Waals surface area contributed by atoms with E-state index >= 15 is 0 Å². The van der Waals surface area contributed by atoms with Crippen molar-refractivity contribution in [3.63, 3.8) is 0 Å². The number of sulfonamides is 1. The van der Waals surface area contributed by atoms with E-state index in [4.69, 9.17) is 10.9 Å². The van der Waals surface area contributed by atoms with Crippen LogP contribution in [0.15, 0.2) is 29.2 Å². The predicted octanol–water partition coefficient (Wildman–Crippen LogP) is 1.03. The molecule has 1 amide bonds. The zero-order chi connectivity index (χ0) is 16.0. The minimum absolute atomic E-state index is 0.0458. The number of benzene rings is 1. The van der Waals surface area contributed by atoms with Crippen LogP contribution in [0.2, 0.25) is 0 Å². The van der Waals surface area contributed by atoms with E-state index in [1.807, 2.05) is 13.8 Å². The van der Waals surface area contributed by atoms with Gasteiger partial charge in [0.05, 0.1) is 17.0 Å². The van der Waals surface area contributed by atoms with Crippen molar-refractivity contribution in [3.8, 4) is 0 Å². The highest BCUT2D eigenvalue weighted by Gasteiger charge is 2.16. The van der Waals surface area contributed by atoms with Crippen molar-refractivity contribution in [2.75, 3.05) is 0 Å². The van der Waals surface area contributed by atoms with E-state index in [1.54, 1.807) is 12.1 Å². The number of carbonyl (C=O) groups excluding carboxylic acids is 1. The molecule has 1 aromatic rings. The fourth-order valence-corrected chi connectivity index (χ4v) is 2.42. The minimum atomic E-state index is -3.70. The Morgan fingerprint density at radius 3 is 2.33 bits per heavy atom. The van der Waals surface area contributed by atoms with Gasteiger partial charge in [-0.1, -0.05) is 31.9 Å². The Bertz CT molecular complexity index is 570. The third kappa shape index (κ3) is 5.45. The number of carbonyl (C=O) groups is 1. The standard InChI is InChI=1S/C14H23N3O3S/c1-3-4-5-13(15)14(18)17-10(2)11-6-8-12(9-7-11)21(16,19)20/h6-10,13H,3-5,15H2,1-2H3,(H,17,18)(H2,16,19,20)/t10?,13-/m0/s1. The number of hydrogen-bond donors (Lipinski definition) is 3. The topological polar surface area (TPSA) is 115 Å². The average Bonchev–Trinajstić information content (AvgIpc) is 2.43. The van der Waals surface area contributed by atoms with Crippen LogP contribution in [0.3, 0.4) is 0 Å². The lowest BCUT2D eigenvalue weighted by Crippen LogP contribution is -2.41. The number of nitrogens with one attached hydrogen (secondary N) is 1. The zero-order valence-corrected chi connectivity index (χ0v) is 13.2. The molecule has 6 nitrogen and oxygen atoms in total. The maximum Gasteiger partial charge on any atom is 0.238 e. The van der Waals surface area contributed by atoms with Crippen LogP contribution in [0.5, 0.6) is 0 Å². The fourth-order valence-electron chi connectivity index (χ4n) is 1.91. The first kappa shape index (κ1) is 17.6. The summed E-state index contributed by atoms with van der Waals surface area (Å²) in [5, 5.41) is 7.85. The molecule has 7 heteroatoms. The van der Waals surface area contributed by atoms with Gasteiger partial charge in [0.2, 0.25) is 15.9 Å². The monoisotopic (exact) mass is 313 g/mol. The minimum Gasteiger partial charge on any atom is -0.348 e. The molecule has 0 fully saturated rings. The Balaban J connectivity index is 2.67. The molecule has 0 aliphatic heterocycles. The van der Waals surface area contributed by atoms with E-state index in [1.165, 1.54) is 12.1 Å². The van der Waals surface area contributed by atoms with Crippen molar-refractivity contribution in [3.05, 3.63) is 29.8 Å². The quantitative estimate of drug-likeness (QED) is 0.697. The lowest BCUT2D eigenvalue weighted by Gasteiger charge is -2.18. The molecule has 0 radical (unpaired) electrons. The van der Waals surface area contributed by atoms with Crippen LogP contribution in [0, 0.1) is 0 Å². The molecule has 0 heterocycles. The number of hydrogen-bond acceptors (Lipinski definition) is 4. The Morgan fingerprint density at radius 1 is 1.29 bits per heavy atom. The number of amides is 1. The predicted molar refractivity (Wildman–Crippen MR) is 81.9 cm³/mol. The zero-order valence-electron chi connectivity index (χ0n) is 12.4. The van der Waals surface area contributed by atoms with Crippen LogP contribution in [-0.2, 0) is 14.8 Å². The van der Waals surface area contributed by atoms with E-state index < -0.39 is 16.1 Å². The molecule has 1 rings (SSSR count). The normalized spacial score (nSPS) is 14.5. The van der Waals surface area contributed by atoms with Gasteiger partial charge in [0.1, 0.15) is 0 Å². The third-order valence-electron chi connectivity index (χ3n) is 3.27. The van der Waals surface area contributed by atoms with Crippen molar-refractivity contribution in [2.45, 2.75) is 50.1 Å². The lowest BCUT2D eigenvalue weighted by molar-refractivity contribution is -0.123. The molecule has 1 aromatic carbocycles. The molecule has 0 spiro atoms. The Labute approximate surface area is 126 Å². The summed E-state index contributed by atoms with van der Waals surface area (Å²) in [5.41, 5.74) is 6.59. The molecular formula is C14H23N3O3S. The first-order chi connectivity index (χ1) is 9.75. The van der Waals surface area contributed by atoms with E-state index in [0.717, 1.165) is 18.4 Å². The molecule has 2 atom stereocenters. The second-order valence-electron chi connectivity index (χ2n) is 5.09. The summed E-state index contributed by atoms with van der Waals surface area (Å²) >= 11 is 0. The van der Waals surface area contributed by atoms with Gasteiger partial charge in [0.15, 0.2) is 0 Å². The lowest BCUT2D eigenvalue weighted by atomic mass is 10.1. The van der Waals surface area contributed by atoms with Gasteiger partial charge < -0.3 is 11.1 Å². The SMILES string of the molecule is CCCC[C@H](N)C(=O)NC(C)c1ccc(S(N)(=O)=O)cc1. The van der Waals surface area contributed by atoms with Crippen LogP contribution in [0.4, 0.5) is 0 Å². The second kappa shape index (κ2) is 7.53. The van der Waals surface area contributed by atoms with Crippen molar-refractivity contribution < 1.29 is 13.2 Å². The van der Waals surface area contributed by atoms with E-state index in [2.05, 4.69) is 5.32 Å². The highest BCUT2D eigenvalue weighted by molar-refractivity contribution is 7.89. The second-order valence-corrected chi connectivity index (χ2v) is 6.65. The summed E-state index contributed by atoms with van der Waals surface area (Å²) in [4.78, 5) is 12.0. The van der Waals surface area contributed by atoms with Gasteiger partial charge in [-0.05, 0) is 31.0 Å². The van der Waals surface area contributed by atoms with E-state index in [0.29, 0.717) is 6.42 Å². The summed E-state index contributed by atoms with van der Waals surface area (Å²) in [5.74, 6) is -0.202. The number of primary sulfonamides is 1. The average molecular weight is 313 g/mol. The molecule has 0 aliphatic rings. The maximum absolute atomic E-state index is 11.9. The summed E-state index contributed by atoms with van der Waals surface area (Å²) in [7, 11) is -3.70. The van der Waals surface area contributed by atoms with Gasteiger partial charge in [0.25, 0.3) is 0 Å². The van der Waals surface area contributed by atoms with Crippen molar-refractivity contribution >= 4 is 15.9 Å². The number of unbranched alkanes of at least 4 members (excludes halogenated alkanes) is 1. The first-order valence-corrected chi connectivity index (χ1v) is 8.49. The Hall–Kier alpha value is -1.44. The van der Waals surface area contributed by atoms with Crippen LogP contribution in [-0.4, -0.2) is 20.4 Å². The van der Waals surface area contributed by atoms with Crippen molar-refractivity contribution in [1.29, 1.82) is 0 Å². The molecule has 0 saturated heterocycles. The van der Waals surface area contributed by atoms with Gasteiger partial charge in [-0.15, -0.1) is 0 Å². The Kier molecular flexibility index (Phi) is 6.32. The van der Waals surface area contributed by atoms with Crippen LogP contribution in [0.1, 0.15) is 44.7 Å².